The number of nitrogens with one attached hydrogen (secondary N) is 1. The van der Waals surface area contributed by atoms with Gasteiger partial charge in [-0.15, -0.1) is 0 Å². The molecular formula is C21H28N2O4S. The van der Waals surface area contributed by atoms with Gasteiger partial charge in [0.2, 0.25) is 15.9 Å². The van der Waals surface area contributed by atoms with E-state index in [1.807, 2.05) is 69.3 Å². The molecule has 0 bridgehead atoms. The number of ether oxygens (including phenoxy) is 1. The lowest BCUT2D eigenvalue weighted by molar-refractivity contribution is -0.122. The van der Waals surface area contributed by atoms with E-state index in [-0.39, 0.29) is 25.0 Å². The minimum atomic E-state index is -3.52. The van der Waals surface area contributed by atoms with E-state index in [1.165, 1.54) is 4.31 Å². The van der Waals surface area contributed by atoms with Gasteiger partial charge in [-0.1, -0.05) is 47.5 Å². The summed E-state index contributed by atoms with van der Waals surface area (Å²) in [4.78, 5) is 12.3. The number of rotatable bonds is 9. The van der Waals surface area contributed by atoms with Crippen molar-refractivity contribution in [3.05, 3.63) is 65.2 Å². The number of benzene rings is 2. The molecule has 0 aromatic heterocycles. The molecule has 0 heterocycles. The van der Waals surface area contributed by atoms with Gasteiger partial charge < -0.3 is 10.1 Å². The van der Waals surface area contributed by atoms with E-state index in [0.717, 1.165) is 28.7 Å². The van der Waals surface area contributed by atoms with Crippen LogP contribution in [0.15, 0.2) is 48.5 Å². The third-order valence-corrected chi connectivity index (χ3v) is 5.39. The van der Waals surface area contributed by atoms with Gasteiger partial charge in [-0.25, -0.2) is 8.42 Å². The van der Waals surface area contributed by atoms with Crippen molar-refractivity contribution in [1.29, 1.82) is 0 Å². The summed E-state index contributed by atoms with van der Waals surface area (Å²) < 4.78 is 31.0. The van der Waals surface area contributed by atoms with Crippen LogP contribution >= 0.6 is 0 Å². The maximum absolute atomic E-state index is 12.3. The first kappa shape index (κ1) is 21.9. The molecule has 0 spiro atoms. The zero-order valence-corrected chi connectivity index (χ0v) is 17.6. The molecule has 0 fully saturated rings. The standard InChI is InChI=1S/C21H28N2O4S/c1-16-5-9-19(10-6-16)13-23(28(4,25)26)14-21(24)22-18(3)15-27-20-11-7-17(2)8-12-20/h5-12,18H,13-15H2,1-4H3,(H,22,24). The first-order valence-corrected chi connectivity index (χ1v) is 11.0. The van der Waals surface area contributed by atoms with Crippen molar-refractivity contribution in [3.8, 4) is 5.75 Å². The monoisotopic (exact) mass is 404 g/mol. The summed E-state index contributed by atoms with van der Waals surface area (Å²) in [5, 5.41) is 2.79. The number of carbonyl (C=O) groups excluding carboxylic acids is 1. The molecule has 0 aliphatic heterocycles. The van der Waals surface area contributed by atoms with Gasteiger partial charge in [-0.05, 0) is 38.5 Å². The molecule has 0 saturated heterocycles. The largest absolute Gasteiger partial charge is 0.491 e. The Morgan fingerprint density at radius 3 is 2.11 bits per heavy atom. The van der Waals surface area contributed by atoms with E-state index in [1.54, 1.807) is 0 Å². The van der Waals surface area contributed by atoms with Gasteiger partial charge >= 0.3 is 0 Å². The van der Waals surface area contributed by atoms with Gasteiger partial charge in [0.15, 0.2) is 0 Å². The molecule has 2 aromatic rings. The minimum absolute atomic E-state index is 0.154. The van der Waals surface area contributed by atoms with Crippen molar-refractivity contribution in [2.45, 2.75) is 33.4 Å². The van der Waals surface area contributed by atoms with Gasteiger partial charge in [0.25, 0.3) is 0 Å². The third-order valence-electron chi connectivity index (χ3n) is 4.20. The topological polar surface area (TPSA) is 75.7 Å². The van der Waals surface area contributed by atoms with E-state index in [4.69, 9.17) is 4.74 Å². The van der Waals surface area contributed by atoms with Crippen LogP contribution < -0.4 is 10.1 Å². The summed E-state index contributed by atoms with van der Waals surface area (Å²) in [5.41, 5.74) is 3.07. The first-order chi connectivity index (χ1) is 13.1. The van der Waals surface area contributed by atoms with E-state index >= 15 is 0 Å². The Hall–Kier alpha value is -2.38. The predicted octanol–water partition coefficient (Wildman–Crippen LogP) is 2.65. The number of hydrogen-bond acceptors (Lipinski definition) is 4. The summed E-state index contributed by atoms with van der Waals surface area (Å²) in [5.74, 6) is 0.362. The van der Waals surface area contributed by atoms with Gasteiger partial charge in [-0.3, -0.25) is 4.79 Å². The van der Waals surface area contributed by atoms with Gasteiger partial charge in [-0.2, -0.15) is 4.31 Å². The fourth-order valence-corrected chi connectivity index (χ4v) is 3.30. The van der Waals surface area contributed by atoms with Gasteiger partial charge in [0, 0.05) is 6.54 Å². The molecule has 2 rings (SSSR count). The highest BCUT2D eigenvalue weighted by atomic mass is 32.2. The zero-order chi connectivity index (χ0) is 20.7. The molecule has 1 unspecified atom stereocenters. The van der Waals surface area contributed by atoms with Crippen molar-refractivity contribution in [2.75, 3.05) is 19.4 Å². The maximum atomic E-state index is 12.3. The summed E-state index contributed by atoms with van der Waals surface area (Å²) >= 11 is 0. The second-order valence-corrected chi connectivity index (χ2v) is 9.09. The molecule has 152 valence electrons. The summed E-state index contributed by atoms with van der Waals surface area (Å²) in [6.45, 7) is 5.99. The highest BCUT2D eigenvalue weighted by Gasteiger charge is 2.21. The SMILES string of the molecule is Cc1ccc(CN(CC(=O)NC(C)COc2ccc(C)cc2)S(C)(=O)=O)cc1. The molecule has 1 atom stereocenters. The second-order valence-electron chi connectivity index (χ2n) is 7.11. The molecule has 7 heteroatoms. The molecule has 0 saturated carbocycles. The number of carbonyl (C=O) groups is 1. The molecule has 28 heavy (non-hydrogen) atoms. The highest BCUT2D eigenvalue weighted by molar-refractivity contribution is 7.88. The van der Waals surface area contributed by atoms with Gasteiger partial charge in [0.1, 0.15) is 12.4 Å². The second kappa shape index (κ2) is 9.71. The van der Waals surface area contributed by atoms with E-state index < -0.39 is 10.0 Å². The average molecular weight is 405 g/mol. The Bertz CT molecular complexity index is 878. The Morgan fingerprint density at radius 2 is 1.57 bits per heavy atom. The summed E-state index contributed by atoms with van der Waals surface area (Å²) in [7, 11) is -3.52. The fourth-order valence-electron chi connectivity index (χ4n) is 2.57. The summed E-state index contributed by atoms with van der Waals surface area (Å²) in [6, 6.07) is 15.0. The van der Waals surface area contributed by atoms with Crippen LogP contribution in [-0.4, -0.2) is 44.1 Å². The van der Waals surface area contributed by atoms with Crippen molar-refractivity contribution >= 4 is 15.9 Å². The highest BCUT2D eigenvalue weighted by Crippen LogP contribution is 2.12. The first-order valence-electron chi connectivity index (χ1n) is 9.13. The van der Waals surface area contributed by atoms with E-state index in [2.05, 4.69) is 5.32 Å². The third kappa shape index (κ3) is 7.32. The molecule has 6 nitrogen and oxygen atoms in total. The lowest BCUT2D eigenvalue weighted by atomic mass is 10.1. The van der Waals surface area contributed by atoms with Crippen molar-refractivity contribution < 1.29 is 17.9 Å². The molecule has 1 N–H and O–H groups in total. The smallest absolute Gasteiger partial charge is 0.235 e. The lowest BCUT2D eigenvalue weighted by Gasteiger charge is -2.21. The lowest BCUT2D eigenvalue weighted by Crippen LogP contribution is -2.44. The normalized spacial score (nSPS) is 12.6. The van der Waals surface area contributed by atoms with E-state index in [0.29, 0.717) is 6.61 Å². The number of aryl methyl sites for hydroxylation is 2. The molecule has 0 aliphatic rings. The van der Waals surface area contributed by atoms with Crippen LogP contribution in [0.25, 0.3) is 0 Å². The number of nitrogens with zero attached hydrogens (tertiary/aromatic N) is 1. The van der Waals surface area contributed by atoms with Crippen molar-refractivity contribution in [3.63, 3.8) is 0 Å². The molecule has 1 amide bonds. The Labute approximate surface area is 167 Å². The van der Waals surface area contributed by atoms with Crippen LogP contribution in [0.3, 0.4) is 0 Å². The minimum Gasteiger partial charge on any atom is -0.491 e. The van der Waals surface area contributed by atoms with Crippen molar-refractivity contribution in [1.82, 2.24) is 9.62 Å². The summed E-state index contributed by atoms with van der Waals surface area (Å²) in [6.07, 6.45) is 1.11. The number of amides is 1. The number of sulfonamides is 1. The van der Waals surface area contributed by atoms with Crippen LogP contribution in [0.2, 0.25) is 0 Å². The zero-order valence-electron chi connectivity index (χ0n) is 16.8. The van der Waals surface area contributed by atoms with Crippen molar-refractivity contribution in [2.24, 2.45) is 0 Å². The fraction of sp³-hybridized carbons (Fsp3) is 0.381. The van der Waals surface area contributed by atoms with E-state index in [9.17, 15) is 13.2 Å². The average Bonchev–Trinajstić information content (AvgIpc) is 2.61. The maximum Gasteiger partial charge on any atom is 0.235 e. The Kier molecular flexibility index (Phi) is 7.60. The van der Waals surface area contributed by atoms with Crippen LogP contribution in [0, 0.1) is 13.8 Å². The van der Waals surface area contributed by atoms with Crippen LogP contribution in [-0.2, 0) is 21.4 Å². The van der Waals surface area contributed by atoms with Crippen LogP contribution in [0.1, 0.15) is 23.6 Å². The Balaban J connectivity index is 1.89. The molecule has 0 aliphatic carbocycles. The molecule has 0 radical (unpaired) electrons. The van der Waals surface area contributed by atoms with Crippen LogP contribution in [0.5, 0.6) is 5.75 Å². The predicted molar refractivity (Wildman–Crippen MR) is 111 cm³/mol. The van der Waals surface area contributed by atoms with Gasteiger partial charge in [0.05, 0.1) is 18.8 Å². The molecule has 2 aromatic carbocycles. The Morgan fingerprint density at radius 1 is 1.04 bits per heavy atom. The quantitative estimate of drug-likeness (QED) is 0.697. The molecular weight excluding hydrogens is 376 g/mol. The number of hydrogen-bond donors (Lipinski definition) is 1. The van der Waals surface area contributed by atoms with Crippen LogP contribution in [0.4, 0.5) is 0 Å².